The average molecular weight is 218 g/mol. The van der Waals surface area contributed by atoms with E-state index < -0.39 is 0 Å². The molecule has 0 aromatic heterocycles. The lowest BCUT2D eigenvalue weighted by atomic mass is 10.1. The van der Waals surface area contributed by atoms with Crippen LogP contribution in [0.4, 0.5) is 5.69 Å². The topological polar surface area (TPSA) is 15.3 Å². The van der Waals surface area contributed by atoms with Crippen LogP contribution in [0.25, 0.3) is 5.70 Å². The van der Waals surface area contributed by atoms with Gasteiger partial charge in [0.15, 0.2) is 0 Å². The fourth-order valence-corrected chi connectivity index (χ4v) is 1.86. The molecule has 1 N–H and O–H groups in total. The molecule has 1 aromatic rings. The Balaban J connectivity index is 3.05. The SMILES string of the molecule is C=C(NC)c1ccccc1N(CC)CCC. The zero-order chi connectivity index (χ0) is 12.0. The summed E-state index contributed by atoms with van der Waals surface area (Å²) in [5.41, 5.74) is 3.44. The summed E-state index contributed by atoms with van der Waals surface area (Å²) in [5.74, 6) is 0. The molecule has 0 aliphatic carbocycles. The van der Waals surface area contributed by atoms with Crippen LogP contribution in [0.1, 0.15) is 25.8 Å². The Labute approximate surface area is 99.0 Å². The van der Waals surface area contributed by atoms with E-state index in [0.29, 0.717) is 0 Å². The van der Waals surface area contributed by atoms with E-state index in [2.05, 4.69) is 54.9 Å². The molecule has 88 valence electrons. The molecular weight excluding hydrogens is 196 g/mol. The van der Waals surface area contributed by atoms with Crippen molar-refractivity contribution < 1.29 is 0 Å². The highest BCUT2D eigenvalue weighted by Gasteiger charge is 2.09. The maximum Gasteiger partial charge on any atom is 0.0460 e. The molecule has 0 aliphatic heterocycles. The van der Waals surface area contributed by atoms with Gasteiger partial charge in [0.05, 0.1) is 0 Å². The molecule has 2 heteroatoms. The summed E-state index contributed by atoms with van der Waals surface area (Å²) in [7, 11) is 1.91. The first-order chi connectivity index (χ1) is 7.74. The number of benzene rings is 1. The largest absolute Gasteiger partial charge is 0.388 e. The van der Waals surface area contributed by atoms with Gasteiger partial charge in [-0.2, -0.15) is 0 Å². The van der Waals surface area contributed by atoms with Crippen LogP contribution in [-0.2, 0) is 0 Å². The van der Waals surface area contributed by atoms with Crippen molar-refractivity contribution in [2.75, 3.05) is 25.0 Å². The average Bonchev–Trinajstić information content (AvgIpc) is 2.35. The van der Waals surface area contributed by atoms with Crippen LogP contribution in [-0.4, -0.2) is 20.1 Å². The summed E-state index contributed by atoms with van der Waals surface area (Å²) in [6.45, 7) is 10.6. The van der Waals surface area contributed by atoms with Crippen molar-refractivity contribution >= 4 is 11.4 Å². The Kier molecular flexibility index (Phi) is 4.90. The predicted octanol–water partition coefficient (Wildman–Crippen LogP) is 3.11. The molecule has 1 aromatic carbocycles. The molecule has 0 radical (unpaired) electrons. The van der Waals surface area contributed by atoms with Crippen LogP contribution < -0.4 is 10.2 Å². The molecule has 0 bridgehead atoms. The summed E-state index contributed by atoms with van der Waals surface area (Å²) < 4.78 is 0. The van der Waals surface area contributed by atoms with E-state index in [9.17, 15) is 0 Å². The van der Waals surface area contributed by atoms with Crippen LogP contribution >= 0.6 is 0 Å². The van der Waals surface area contributed by atoms with Gasteiger partial charge in [0.2, 0.25) is 0 Å². The van der Waals surface area contributed by atoms with Gasteiger partial charge in [-0.25, -0.2) is 0 Å². The second-order valence-corrected chi connectivity index (χ2v) is 3.83. The molecule has 0 atom stereocenters. The van der Waals surface area contributed by atoms with Crippen LogP contribution in [0.3, 0.4) is 0 Å². The number of rotatable bonds is 6. The number of anilines is 1. The zero-order valence-corrected chi connectivity index (χ0v) is 10.6. The van der Waals surface area contributed by atoms with Gasteiger partial charge in [0, 0.05) is 37.1 Å². The van der Waals surface area contributed by atoms with E-state index in [1.54, 1.807) is 0 Å². The van der Waals surface area contributed by atoms with E-state index in [4.69, 9.17) is 0 Å². The third-order valence-electron chi connectivity index (χ3n) is 2.75. The van der Waals surface area contributed by atoms with Crippen LogP contribution in [0.15, 0.2) is 30.8 Å². The Bertz CT molecular complexity index is 344. The third-order valence-corrected chi connectivity index (χ3v) is 2.75. The van der Waals surface area contributed by atoms with Crippen LogP contribution in [0, 0.1) is 0 Å². The van der Waals surface area contributed by atoms with Gasteiger partial charge in [-0.05, 0) is 19.4 Å². The first-order valence-corrected chi connectivity index (χ1v) is 5.95. The number of hydrogen-bond acceptors (Lipinski definition) is 2. The fraction of sp³-hybridized carbons (Fsp3) is 0.429. The maximum atomic E-state index is 4.04. The molecule has 2 nitrogen and oxygen atoms in total. The molecule has 1 rings (SSSR count). The lowest BCUT2D eigenvalue weighted by Gasteiger charge is -2.25. The standard InChI is InChI=1S/C14H22N2/c1-5-11-16(6-2)14-10-8-7-9-13(14)12(3)15-4/h7-10,15H,3,5-6,11H2,1-2,4H3. The minimum Gasteiger partial charge on any atom is -0.388 e. The molecule has 0 heterocycles. The minimum absolute atomic E-state index is 0.977. The molecule has 0 amide bonds. The van der Waals surface area contributed by atoms with E-state index in [-0.39, 0.29) is 0 Å². The molecule has 0 saturated carbocycles. The van der Waals surface area contributed by atoms with Crippen molar-refractivity contribution in [1.29, 1.82) is 0 Å². The normalized spacial score (nSPS) is 9.94. The first-order valence-electron chi connectivity index (χ1n) is 5.95. The van der Waals surface area contributed by atoms with Gasteiger partial charge in [0.25, 0.3) is 0 Å². The molecule has 16 heavy (non-hydrogen) atoms. The number of para-hydroxylation sites is 1. The van der Waals surface area contributed by atoms with Crippen molar-refractivity contribution in [3.8, 4) is 0 Å². The van der Waals surface area contributed by atoms with Gasteiger partial charge in [-0.1, -0.05) is 31.7 Å². The lowest BCUT2D eigenvalue weighted by Crippen LogP contribution is -2.25. The van der Waals surface area contributed by atoms with E-state index in [1.807, 2.05) is 7.05 Å². The van der Waals surface area contributed by atoms with Gasteiger partial charge < -0.3 is 10.2 Å². The Morgan fingerprint density at radius 1 is 1.31 bits per heavy atom. The maximum absolute atomic E-state index is 4.04. The summed E-state index contributed by atoms with van der Waals surface area (Å²) in [6, 6.07) is 8.42. The molecule has 0 saturated heterocycles. The Morgan fingerprint density at radius 3 is 2.56 bits per heavy atom. The molecule has 0 unspecified atom stereocenters. The highest BCUT2D eigenvalue weighted by atomic mass is 15.1. The van der Waals surface area contributed by atoms with Crippen LogP contribution in [0.5, 0.6) is 0 Å². The molecule has 0 spiro atoms. The lowest BCUT2D eigenvalue weighted by molar-refractivity contribution is 0.790. The van der Waals surface area contributed by atoms with E-state index in [1.165, 1.54) is 11.3 Å². The second-order valence-electron chi connectivity index (χ2n) is 3.83. The van der Waals surface area contributed by atoms with Gasteiger partial charge in [0.1, 0.15) is 0 Å². The van der Waals surface area contributed by atoms with Crippen molar-refractivity contribution in [1.82, 2.24) is 5.32 Å². The first kappa shape index (κ1) is 12.6. The number of nitrogens with zero attached hydrogens (tertiary/aromatic N) is 1. The van der Waals surface area contributed by atoms with Crippen molar-refractivity contribution in [2.45, 2.75) is 20.3 Å². The van der Waals surface area contributed by atoms with Crippen molar-refractivity contribution in [3.05, 3.63) is 36.4 Å². The Hall–Kier alpha value is -1.44. The second kappa shape index (κ2) is 6.21. The summed E-state index contributed by atoms with van der Waals surface area (Å²) in [5, 5.41) is 3.12. The van der Waals surface area contributed by atoms with Gasteiger partial charge in [-0.15, -0.1) is 0 Å². The zero-order valence-electron chi connectivity index (χ0n) is 10.6. The highest BCUT2D eigenvalue weighted by Crippen LogP contribution is 2.24. The fourth-order valence-electron chi connectivity index (χ4n) is 1.86. The van der Waals surface area contributed by atoms with Gasteiger partial charge in [-0.3, -0.25) is 0 Å². The number of hydrogen-bond donors (Lipinski definition) is 1. The minimum atomic E-state index is 0.977. The van der Waals surface area contributed by atoms with E-state index in [0.717, 1.165) is 25.2 Å². The van der Waals surface area contributed by atoms with Crippen LogP contribution in [0.2, 0.25) is 0 Å². The monoisotopic (exact) mass is 218 g/mol. The Morgan fingerprint density at radius 2 is 2.00 bits per heavy atom. The van der Waals surface area contributed by atoms with Crippen molar-refractivity contribution in [3.63, 3.8) is 0 Å². The number of nitrogens with one attached hydrogen (secondary N) is 1. The van der Waals surface area contributed by atoms with Gasteiger partial charge >= 0.3 is 0 Å². The summed E-state index contributed by atoms with van der Waals surface area (Å²) in [6.07, 6.45) is 1.16. The van der Waals surface area contributed by atoms with Crippen molar-refractivity contribution in [2.24, 2.45) is 0 Å². The third kappa shape index (κ3) is 2.78. The predicted molar refractivity (Wildman–Crippen MR) is 72.7 cm³/mol. The molecule has 0 fully saturated rings. The molecular formula is C14H22N2. The summed E-state index contributed by atoms with van der Waals surface area (Å²) in [4.78, 5) is 2.39. The summed E-state index contributed by atoms with van der Waals surface area (Å²) >= 11 is 0. The molecule has 0 aliphatic rings. The highest BCUT2D eigenvalue weighted by molar-refractivity contribution is 5.74. The quantitative estimate of drug-likeness (QED) is 0.789. The smallest absolute Gasteiger partial charge is 0.0460 e. The van der Waals surface area contributed by atoms with E-state index >= 15 is 0 Å².